The fraction of sp³-hybridized carbons (Fsp3) is 0.400. The van der Waals surface area contributed by atoms with Crippen molar-refractivity contribution < 1.29 is 0 Å². The summed E-state index contributed by atoms with van der Waals surface area (Å²) in [4.78, 5) is 4.33. The van der Waals surface area contributed by atoms with Gasteiger partial charge in [0.25, 0.3) is 0 Å². The molecule has 68 valence electrons. The first-order chi connectivity index (χ1) is 6.24. The third-order valence-electron chi connectivity index (χ3n) is 2.36. The summed E-state index contributed by atoms with van der Waals surface area (Å²) in [5.74, 6) is 0. The maximum absolute atomic E-state index is 4.44. The molecule has 0 atom stereocenters. The molecule has 2 heterocycles. The van der Waals surface area contributed by atoms with E-state index in [1.807, 2.05) is 30.6 Å². The zero-order valence-electron chi connectivity index (χ0n) is 8.20. The average Bonchev–Trinajstić information content (AvgIpc) is 2.43. The number of rotatable bonds is 1. The van der Waals surface area contributed by atoms with Gasteiger partial charge in [0.2, 0.25) is 0 Å². The first kappa shape index (κ1) is 8.23. The fourth-order valence-electron chi connectivity index (χ4n) is 1.63. The molecule has 0 aliphatic carbocycles. The molecule has 0 fully saturated rings. The molecule has 2 aromatic rings. The zero-order chi connectivity index (χ0) is 9.42. The van der Waals surface area contributed by atoms with Crippen LogP contribution in [0.15, 0.2) is 12.3 Å². The van der Waals surface area contributed by atoms with Crippen LogP contribution in [0, 0.1) is 13.8 Å². The third kappa shape index (κ3) is 1.11. The van der Waals surface area contributed by atoms with Crippen molar-refractivity contribution in [1.82, 2.24) is 14.6 Å². The maximum atomic E-state index is 4.44. The van der Waals surface area contributed by atoms with Crippen LogP contribution < -0.4 is 0 Å². The van der Waals surface area contributed by atoms with Gasteiger partial charge < -0.3 is 0 Å². The molecule has 0 amide bonds. The van der Waals surface area contributed by atoms with E-state index in [2.05, 4.69) is 17.0 Å². The Morgan fingerprint density at radius 2 is 2.15 bits per heavy atom. The highest BCUT2D eigenvalue weighted by molar-refractivity contribution is 5.50. The Morgan fingerprint density at radius 3 is 2.85 bits per heavy atom. The van der Waals surface area contributed by atoms with Gasteiger partial charge in [-0.3, -0.25) is 0 Å². The van der Waals surface area contributed by atoms with Gasteiger partial charge >= 0.3 is 0 Å². The predicted molar refractivity (Wildman–Crippen MR) is 51.8 cm³/mol. The minimum atomic E-state index is 0.992. The summed E-state index contributed by atoms with van der Waals surface area (Å²) in [5, 5.41) is 4.44. The summed E-state index contributed by atoms with van der Waals surface area (Å²) in [5.41, 5.74) is 4.47. The van der Waals surface area contributed by atoms with Crippen LogP contribution in [0.1, 0.15) is 23.9 Å². The van der Waals surface area contributed by atoms with Crippen LogP contribution in [0.5, 0.6) is 0 Å². The number of hydrogen-bond donors (Lipinski definition) is 0. The van der Waals surface area contributed by atoms with Crippen LogP contribution in [-0.4, -0.2) is 14.6 Å². The molecule has 0 radical (unpaired) electrons. The molecular weight excluding hydrogens is 162 g/mol. The van der Waals surface area contributed by atoms with Gasteiger partial charge in [-0.15, -0.1) is 0 Å². The van der Waals surface area contributed by atoms with E-state index >= 15 is 0 Å². The lowest BCUT2D eigenvalue weighted by atomic mass is 10.2. The summed E-state index contributed by atoms with van der Waals surface area (Å²) in [6, 6.07) is 1.97. The van der Waals surface area contributed by atoms with E-state index in [9.17, 15) is 0 Å². The monoisotopic (exact) mass is 175 g/mol. The van der Waals surface area contributed by atoms with Crippen molar-refractivity contribution in [2.24, 2.45) is 0 Å². The second-order valence-electron chi connectivity index (χ2n) is 3.24. The first-order valence-corrected chi connectivity index (χ1v) is 4.54. The van der Waals surface area contributed by atoms with Gasteiger partial charge in [0, 0.05) is 17.5 Å². The van der Waals surface area contributed by atoms with Crippen molar-refractivity contribution in [3.05, 3.63) is 29.2 Å². The largest absolute Gasteiger partial charge is 0.237 e. The molecule has 0 saturated heterocycles. The molecule has 0 unspecified atom stereocenters. The Labute approximate surface area is 77.4 Å². The van der Waals surface area contributed by atoms with Crippen molar-refractivity contribution >= 4 is 5.65 Å². The molecule has 13 heavy (non-hydrogen) atoms. The van der Waals surface area contributed by atoms with Gasteiger partial charge in [-0.2, -0.15) is 5.10 Å². The summed E-state index contributed by atoms with van der Waals surface area (Å²) in [7, 11) is 0. The second-order valence-corrected chi connectivity index (χ2v) is 3.24. The summed E-state index contributed by atoms with van der Waals surface area (Å²) < 4.78 is 1.91. The summed E-state index contributed by atoms with van der Waals surface area (Å²) >= 11 is 0. The van der Waals surface area contributed by atoms with Crippen molar-refractivity contribution in [2.45, 2.75) is 27.2 Å². The molecular formula is C10H13N3. The maximum Gasteiger partial charge on any atom is 0.158 e. The quantitative estimate of drug-likeness (QED) is 0.662. The van der Waals surface area contributed by atoms with Crippen LogP contribution in [0.2, 0.25) is 0 Å². The Balaban J connectivity index is 2.86. The minimum Gasteiger partial charge on any atom is -0.237 e. The highest BCUT2D eigenvalue weighted by atomic mass is 15.3. The van der Waals surface area contributed by atoms with Gasteiger partial charge in [-0.05, 0) is 26.3 Å². The van der Waals surface area contributed by atoms with E-state index in [1.165, 1.54) is 5.56 Å². The van der Waals surface area contributed by atoms with Crippen molar-refractivity contribution in [3.8, 4) is 0 Å². The van der Waals surface area contributed by atoms with E-state index in [0.29, 0.717) is 0 Å². The SMILES string of the molecule is CCc1c(C)nn2c(C)ccnc12. The van der Waals surface area contributed by atoms with Crippen molar-refractivity contribution in [3.63, 3.8) is 0 Å². The highest BCUT2D eigenvalue weighted by Gasteiger charge is 2.08. The van der Waals surface area contributed by atoms with E-state index in [-0.39, 0.29) is 0 Å². The summed E-state index contributed by atoms with van der Waals surface area (Å²) in [6.07, 6.45) is 2.83. The smallest absolute Gasteiger partial charge is 0.158 e. The molecule has 3 heteroatoms. The third-order valence-corrected chi connectivity index (χ3v) is 2.36. The topological polar surface area (TPSA) is 30.2 Å². The van der Waals surface area contributed by atoms with Crippen LogP contribution in [0.3, 0.4) is 0 Å². The van der Waals surface area contributed by atoms with E-state index in [0.717, 1.165) is 23.5 Å². The Morgan fingerprint density at radius 1 is 1.38 bits per heavy atom. The van der Waals surface area contributed by atoms with E-state index in [4.69, 9.17) is 0 Å². The molecule has 2 rings (SSSR count). The second kappa shape index (κ2) is 2.83. The Hall–Kier alpha value is -1.38. The molecule has 0 aliphatic rings. The summed E-state index contributed by atoms with van der Waals surface area (Å²) in [6.45, 7) is 6.21. The Kier molecular flexibility index (Phi) is 1.79. The molecule has 0 aromatic carbocycles. The van der Waals surface area contributed by atoms with Crippen molar-refractivity contribution in [2.75, 3.05) is 0 Å². The number of hydrogen-bond acceptors (Lipinski definition) is 2. The number of aryl methyl sites for hydroxylation is 3. The number of aromatic nitrogens is 3. The predicted octanol–water partition coefficient (Wildman–Crippen LogP) is 1.91. The Bertz CT molecular complexity index is 443. The lowest BCUT2D eigenvalue weighted by Gasteiger charge is -1.96. The lowest BCUT2D eigenvalue weighted by Crippen LogP contribution is -1.94. The molecule has 2 aromatic heterocycles. The van der Waals surface area contributed by atoms with Gasteiger partial charge in [0.15, 0.2) is 5.65 Å². The first-order valence-electron chi connectivity index (χ1n) is 4.54. The average molecular weight is 175 g/mol. The molecule has 0 bridgehead atoms. The van der Waals surface area contributed by atoms with Crippen LogP contribution in [0.25, 0.3) is 5.65 Å². The molecule has 0 N–H and O–H groups in total. The van der Waals surface area contributed by atoms with Crippen molar-refractivity contribution in [1.29, 1.82) is 0 Å². The van der Waals surface area contributed by atoms with Gasteiger partial charge in [-0.1, -0.05) is 6.92 Å². The van der Waals surface area contributed by atoms with E-state index in [1.54, 1.807) is 0 Å². The molecule has 3 nitrogen and oxygen atoms in total. The standard InChI is InChI=1S/C10H13N3/c1-4-9-8(3)12-13-7(2)5-6-11-10(9)13/h5-6H,4H2,1-3H3. The molecule has 0 saturated carbocycles. The lowest BCUT2D eigenvalue weighted by molar-refractivity contribution is 0.877. The number of fused-ring (bicyclic) bond motifs is 1. The van der Waals surface area contributed by atoms with Crippen LogP contribution >= 0.6 is 0 Å². The van der Waals surface area contributed by atoms with Gasteiger partial charge in [-0.25, -0.2) is 9.50 Å². The molecule has 0 aliphatic heterocycles. The van der Waals surface area contributed by atoms with E-state index < -0.39 is 0 Å². The van der Waals surface area contributed by atoms with Gasteiger partial charge in [0.1, 0.15) is 0 Å². The highest BCUT2D eigenvalue weighted by Crippen LogP contribution is 2.14. The molecule has 0 spiro atoms. The zero-order valence-corrected chi connectivity index (χ0v) is 8.20. The number of nitrogens with zero attached hydrogens (tertiary/aromatic N) is 3. The minimum absolute atomic E-state index is 0.992. The fourth-order valence-corrected chi connectivity index (χ4v) is 1.63. The van der Waals surface area contributed by atoms with Crippen LogP contribution in [0.4, 0.5) is 0 Å². The normalized spacial score (nSPS) is 11.0. The van der Waals surface area contributed by atoms with Gasteiger partial charge in [0.05, 0.1) is 5.69 Å². The van der Waals surface area contributed by atoms with Crippen LogP contribution in [-0.2, 0) is 6.42 Å².